The van der Waals surface area contributed by atoms with E-state index in [4.69, 9.17) is 9.47 Å². The summed E-state index contributed by atoms with van der Waals surface area (Å²) >= 11 is 0. The van der Waals surface area contributed by atoms with Gasteiger partial charge in [-0.15, -0.1) is 0 Å². The van der Waals surface area contributed by atoms with Gasteiger partial charge in [-0.2, -0.15) is 0 Å². The maximum absolute atomic E-state index is 11.2. The molecule has 0 radical (unpaired) electrons. The number of carbonyl (C=O) groups is 1. The SMILES string of the molecule is CC(C)NCCC(=O)OCCOC(C)(C)C. The van der Waals surface area contributed by atoms with Crippen molar-refractivity contribution in [3.05, 3.63) is 0 Å². The molecule has 0 spiro atoms. The molecular weight excluding hydrogens is 206 g/mol. The van der Waals surface area contributed by atoms with Gasteiger partial charge in [-0.25, -0.2) is 0 Å². The van der Waals surface area contributed by atoms with Crippen molar-refractivity contribution in [2.24, 2.45) is 0 Å². The molecule has 4 nitrogen and oxygen atoms in total. The molecule has 0 aliphatic heterocycles. The third kappa shape index (κ3) is 11.5. The smallest absolute Gasteiger partial charge is 0.307 e. The third-order valence-electron chi connectivity index (χ3n) is 1.76. The first kappa shape index (κ1) is 15.4. The second kappa shape index (κ2) is 7.63. The van der Waals surface area contributed by atoms with Gasteiger partial charge in [-0.3, -0.25) is 4.79 Å². The molecular formula is C12H25NO3. The minimum absolute atomic E-state index is 0.175. The van der Waals surface area contributed by atoms with Crippen LogP contribution >= 0.6 is 0 Å². The largest absolute Gasteiger partial charge is 0.463 e. The molecule has 0 aliphatic rings. The summed E-state index contributed by atoms with van der Waals surface area (Å²) in [5.74, 6) is -0.175. The first-order chi connectivity index (χ1) is 7.31. The van der Waals surface area contributed by atoms with E-state index in [-0.39, 0.29) is 11.6 Å². The van der Waals surface area contributed by atoms with Crippen LogP contribution in [0.4, 0.5) is 0 Å². The lowest BCUT2D eigenvalue weighted by Crippen LogP contribution is -2.27. The molecule has 0 aromatic heterocycles. The van der Waals surface area contributed by atoms with E-state index in [1.165, 1.54) is 0 Å². The van der Waals surface area contributed by atoms with E-state index in [1.807, 2.05) is 34.6 Å². The zero-order chi connectivity index (χ0) is 12.6. The van der Waals surface area contributed by atoms with Gasteiger partial charge in [-0.05, 0) is 20.8 Å². The highest BCUT2D eigenvalue weighted by Crippen LogP contribution is 2.05. The minimum Gasteiger partial charge on any atom is -0.463 e. The van der Waals surface area contributed by atoms with Crippen molar-refractivity contribution >= 4 is 5.97 Å². The van der Waals surface area contributed by atoms with Gasteiger partial charge in [0.05, 0.1) is 18.6 Å². The fourth-order valence-corrected chi connectivity index (χ4v) is 1.04. The van der Waals surface area contributed by atoms with Crippen LogP contribution in [0.5, 0.6) is 0 Å². The van der Waals surface area contributed by atoms with Crippen LogP contribution in [0.25, 0.3) is 0 Å². The molecule has 0 saturated carbocycles. The van der Waals surface area contributed by atoms with E-state index < -0.39 is 0 Å². The number of esters is 1. The first-order valence-electron chi connectivity index (χ1n) is 5.84. The molecule has 0 heterocycles. The summed E-state index contributed by atoms with van der Waals surface area (Å²) in [4.78, 5) is 11.2. The average Bonchev–Trinajstić information content (AvgIpc) is 2.10. The number of hydrogen-bond donors (Lipinski definition) is 1. The number of rotatable bonds is 7. The lowest BCUT2D eigenvalue weighted by Gasteiger charge is -2.19. The van der Waals surface area contributed by atoms with Gasteiger partial charge in [0.25, 0.3) is 0 Å². The standard InChI is InChI=1S/C12H25NO3/c1-10(2)13-7-6-11(14)15-8-9-16-12(3,4)5/h10,13H,6-9H2,1-5H3. The summed E-state index contributed by atoms with van der Waals surface area (Å²) in [6, 6.07) is 0.400. The number of hydrogen-bond acceptors (Lipinski definition) is 4. The lowest BCUT2D eigenvalue weighted by atomic mass is 10.2. The van der Waals surface area contributed by atoms with Crippen LogP contribution in [0.15, 0.2) is 0 Å². The third-order valence-corrected chi connectivity index (χ3v) is 1.76. The van der Waals surface area contributed by atoms with Crippen molar-refractivity contribution < 1.29 is 14.3 Å². The highest BCUT2D eigenvalue weighted by atomic mass is 16.6. The second-order valence-corrected chi connectivity index (χ2v) is 5.04. The van der Waals surface area contributed by atoms with Crippen molar-refractivity contribution in [2.45, 2.75) is 52.7 Å². The van der Waals surface area contributed by atoms with Crippen LogP contribution in [0.2, 0.25) is 0 Å². The molecule has 1 N–H and O–H groups in total. The molecule has 16 heavy (non-hydrogen) atoms. The summed E-state index contributed by atoms with van der Waals surface area (Å²) in [7, 11) is 0. The van der Waals surface area contributed by atoms with E-state index in [2.05, 4.69) is 5.32 Å². The fraction of sp³-hybridized carbons (Fsp3) is 0.917. The Hall–Kier alpha value is -0.610. The summed E-state index contributed by atoms with van der Waals surface area (Å²) in [6.07, 6.45) is 0.410. The van der Waals surface area contributed by atoms with Crippen LogP contribution in [-0.2, 0) is 14.3 Å². The Kier molecular flexibility index (Phi) is 7.34. The fourth-order valence-electron chi connectivity index (χ4n) is 1.04. The Balaban J connectivity index is 3.38. The number of nitrogens with one attached hydrogen (secondary N) is 1. The van der Waals surface area contributed by atoms with Gasteiger partial charge < -0.3 is 14.8 Å². The van der Waals surface area contributed by atoms with Crippen LogP contribution in [0.1, 0.15) is 41.0 Å². The molecule has 0 amide bonds. The zero-order valence-electron chi connectivity index (χ0n) is 11.1. The molecule has 0 saturated heterocycles. The van der Waals surface area contributed by atoms with E-state index in [0.717, 1.165) is 0 Å². The summed E-state index contributed by atoms with van der Waals surface area (Å²) in [5.41, 5.74) is -0.175. The summed E-state index contributed by atoms with van der Waals surface area (Å²) < 4.78 is 10.4. The van der Waals surface area contributed by atoms with Gasteiger partial charge in [0.15, 0.2) is 0 Å². The normalized spacial score (nSPS) is 11.9. The van der Waals surface area contributed by atoms with Crippen LogP contribution < -0.4 is 5.32 Å². The summed E-state index contributed by atoms with van der Waals surface area (Å²) in [6.45, 7) is 11.5. The first-order valence-corrected chi connectivity index (χ1v) is 5.84. The molecule has 0 bridgehead atoms. The van der Waals surface area contributed by atoms with Crippen molar-refractivity contribution in [1.82, 2.24) is 5.32 Å². The van der Waals surface area contributed by atoms with Crippen molar-refractivity contribution in [3.63, 3.8) is 0 Å². The molecule has 0 aromatic rings. The van der Waals surface area contributed by atoms with E-state index in [9.17, 15) is 4.79 Å². The maximum atomic E-state index is 11.2. The Bertz CT molecular complexity index is 197. The molecule has 0 rings (SSSR count). The van der Waals surface area contributed by atoms with E-state index in [0.29, 0.717) is 32.2 Å². The second-order valence-electron chi connectivity index (χ2n) is 5.04. The molecule has 0 aromatic carbocycles. The van der Waals surface area contributed by atoms with E-state index in [1.54, 1.807) is 0 Å². The molecule has 0 fully saturated rings. The van der Waals surface area contributed by atoms with Crippen LogP contribution in [-0.4, -0.2) is 37.4 Å². The topological polar surface area (TPSA) is 47.6 Å². The summed E-state index contributed by atoms with van der Waals surface area (Å²) in [5, 5.41) is 3.16. The Labute approximate surface area is 98.7 Å². The minimum atomic E-state index is -0.175. The Morgan fingerprint density at radius 1 is 1.25 bits per heavy atom. The highest BCUT2D eigenvalue weighted by Gasteiger charge is 2.10. The van der Waals surface area contributed by atoms with Gasteiger partial charge >= 0.3 is 5.97 Å². The molecule has 96 valence electrons. The highest BCUT2D eigenvalue weighted by molar-refractivity contribution is 5.69. The Morgan fingerprint density at radius 3 is 2.38 bits per heavy atom. The number of carbonyl (C=O) groups excluding carboxylic acids is 1. The van der Waals surface area contributed by atoms with Gasteiger partial charge in [-0.1, -0.05) is 13.8 Å². The monoisotopic (exact) mass is 231 g/mol. The quantitative estimate of drug-likeness (QED) is 0.535. The van der Waals surface area contributed by atoms with Crippen molar-refractivity contribution in [2.75, 3.05) is 19.8 Å². The molecule has 0 aliphatic carbocycles. The van der Waals surface area contributed by atoms with Gasteiger partial charge in [0.1, 0.15) is 6.61 Å². The van der Waals surface area contributed by atoms with Gasteiger partial charge in [0.2, 0.25) is 0 Å². The number of ether oxygens (including phenoxy) is 2. The van der Waals surface area contributed by atoms with Crippen LogP contribution in [0, 0.1) is 0 Å². The van der Waals surface area contributed by atoms with Crippen molar-refractivity contribution in [1.29, 1.82) is 0 Å². The zero-order valence-corrected chi connectivity index (χ0v) is 11.1. The van der Waals surface area contributed by atoms with Crippen LogP contribution in [0.3, 0.4) is 0 Å². The van der Waals surface area contributed by atoms with Gasteiger partial charge in [0, 0.05) is 12.6 Å². The molecule has 0 unspecified atom stereocenters. The molecule has 4 heteroatoms. The predicted octanol–water partition coefficient (Wildman–Crippen LogP) is 1.73. The van der Waals surface area contributed by atoms with Crippen molar-refractivity contribution in [3.8, 4) is 0 Å². The maximum Gasteiger partial charge on any atom is 0.307 e. The predicted molar refractivity (Wildman–Crippen MR) is 64.4 cm³/mol. The lowest BCUT2D eigenvalue weighted by molar-refractivity contribution is -0.146. The average molecular weight is 231 g/mol. The van der Waals surface area contributed by atoms with E-state index >= 15 is 0 Å². The molecule has 0 atom stereocenters. The Morgan fingerprint density at radius 2 is 1.88 bits per heavy atom.